The molecule has 180 valence electrons. The number of alkyl halides is 2. The van der Waals surface area contributed by atoms with Gasteiger partial charge in [-0.2, -0.15) is 5.10 Å². The van der Waals surface area contributed by atoms with E-state index in [9.17, 15) is 18.0 Å². The first-order valence-corrected chi connectivity index (χ1v) is 11.0. The van der Waals surface area contributed by atoms with Crippen LogP contribution in [-0.2, 0) is 0 Å². The molecule has 0 unspecified atom stereocenters. The minimum Gasteiger partial charge on any atom is -0.444 e. The highest BCUT2D eigenvalue weighted by Gasteiger charge is 2.23. The van der Waals surface area contributed by atoms with Gasteiger partial charge >= 0.3 is 0 Å². The third kappa shape index (κ3) is 5.03. The van der Waals surface area contributed by atoms with Gasteiger partial charge in [0.25, 0.3) is 12.3 Å². The summed E-state index contributed by atoms with van der Waals surface area (Å²) in [6.45, 7) is 2.42. The largest absolute Gasteiger partial charge is 0.444 e. The molecule has 35 heavy (non-hydrogen) atoms. The molecule has 1 aliphatic carbocycles. The van der Waals surface area contributed by atoms with E-state index in [0.717, 1.165) is 17.5 Å². The van der Waals surface area contributed by atoms with Crippen LogP contribution in [0, 0.1) is 18.7 Å². The number of halogens is 3. The fourth-order valence-electron chi connectivity index (χ4n) is 3.43. The molecule has 0 aliphatic heterocycles. The second-order valence-corrected chi connectivity index (χ2v) is 8.35. The number of nitrogens with zero attached hydrogens (tertiary/aromatic N) is 4. The van der Waals surface area contributed by atoms with Gasteiger partial charge in [0, 0.05) is 18.3 Å². The average Bonchev–Trinajstić information content (AvgIpc) is 3.36. The maximum absolute atomic E-state index is 13.9. The van der Waals surface area contributed by atoms with Crippen molar-refractivity contribution in [3.05, 3.63) is 71.8 Å². The Bertz CT molecular complexity index is 1380. The van der Waals surface area contributed by atoms with Crippen molar-refractivity contribution in [2.75, 3.05) is 17.2 Å². The number of rotatable bonds is 8. The molecule has 8 nitrogen and oxygen atoms in total. The van der Waals surface area contributed by atoms with Crippen LogP contribution >= 0.6 is 0 Å². The zero-order valence-corrected chi connectivity index (χ0v) is 18.6. The van der Waals surface area contributed by atoms with Crippen LogP contribution in [0.15, 0.2) is 53.4 Å². The summed E-state index contributed by atoms with van der Waals surface area (Å²) in [6, 6.07) is 7.68. The van der Waals surface area contributed by atoms with Gasteiger partial charge in [-0.15, -0.1) is 0 Å². The highest BCUT2D eigenvalue weighted by atomic mass is 19.3. The minimum atomic E-state index is -2.96. The summed E-state index contributed by atoms with van der Waals surface area (Å²) in [6.07, 6.45) is 3.40. The number of aromatic nitrogens is 4. The Labute approximate surface area is 198 Å². The Morgan fingerprint density at radius 3 is 2.83 bits per heavy atom. The predicted molar refractivity (Wildman–Crippen MR) is 122 cm³/mol. The Balaban J connectivity index is 1.34. The number of oxazole rings is 1. The van der Waals surface area contributed by atoms with Crippen molar-refractivity contribution in [1.29, 1.82) is 0 Å². The van der Waals surface area contributed by atoms with Crippen LogP contribution in [0.5, 0.6) is 0 Å². The standard InChI is InChI=1S/C24H21F3N6O2/c1-13-2-5-16(9-17(13)25)33-11-18(21(32-33)22(26)27)30-23(34)19-12-35-24(31-19)15-6-7-28-20(8-15)29-10-14-3-4-14/h2,5-9,11-12,14,22H,3-4,10H2,1H3,(H,28,29)(H,30,34). The van der Waals surface area contributed by atoms with E-state index in [0.29, 0.717) is 22.9 Å². The van der Waals surface area contributed by atoms with Gasteiger partial charge in [-0.1, -0.05) is 6.07 Å². The van der Waals surface area contributed by atoms with Crippen molar-refractivity contribution >= 4 is 17.4 Å². The fraction of sp³-hybridized carbons (Fsp3) is 0.250. The van der Waals surface area contributed by atoms with Gasteiger partial charge in [-0.25, -0.2) is 27.8 Å². The number of hydrogen-bond acceptors (Lipinski definition) is 6. The summed E-state index contributed by atoms with van der Waals surface area (Å²) in [5.41, 5.74) is 0.293. The number of anilines is 2. The molecule has 0 bridgehead atoms. The minimum absolute atomic E-state index is 0.0985. The maximum Gasteiger partial charge on any atom is 0.284 e. The summed E-state index contributed by atoms with van der Waals surface area (Å²) >= 11 is 0. The summed E-state index contributed by atoms with van der Waals surface area (Å²) in [5, 5.41) is 9.47. The first-order chi connectivity index (χ1) is 16.9. The number of hydrogen-bond donors (Lipinski definition) is 2. The molecule has 1 fully saturated rings. The van der Waals surface area contributed by atoms with Crippen LogP contribution in [0.25, 0.3) is 17.1 Å². The number of aryl methyl sites for hydroxylation is 1. The quantitative estimate of drug-likeness (QED) is 0.350. The SMILES string of the molecule is Cc1ccc(-n2cc(NC(=O)c3coc(-c4ccnc(NCC5CC5)c4)n3)c(C(F)F)n2)cc1F. The molecule has 1 aromatic carbocycles. The molecule has 3 heterocycles. The van der Waals surface area contributed by atoms with E-state index in [1.165, 1.54) is 31.2 Å². The number of carbonyl (C=O) groups excluding carboxylic acids is 1. The van der Waals surface area contributed by atoms with Crippen LogP contribution in [0.2, 0.25) is 0 Å². The van der Waals surface area contributed by atoms with E-state index in [-0.39, 0.29) is 23.0 Å². The van der Waals surface area contributed by atoms with Gasteiger partial charge in [0.2, 0.25) is 5.89 Å². The normalized spacial score (nSPS) is 13.3. The Morgan fingerprint density at radius 1 is 1.26 bits per heavy atom. The van der Waals surface area contributed by atoms with E-state index in [4.69, 9.17) is 4.42 Å². The van der Waals surface area contributed by atoms with Crippen LogP contribution in [0.3, 0.4) is 0 Å². The van der Waals surface area contributed by atoms with E-state index in [2.05, 4.69) is 25.7 Å². The molecule has 0 radical (unpaired) electrons. The van der Waals surface area contributed by atoms with Crippen LogP contribution < -0.4 is 10.6 Å². The molecule has 5 rings (SSSR count). The molecular formula is C24H21F3N6O2. The van der Waals surface area contributed by atoms with Crippen molar-refractivity contribution in [1.82, 2.24) is 19.7 Å². The third-order valence-corrected chi connectivity index (χ3v) is 5.63. The molecule has 11 heteroatoms. The number of pyridine rings is 1. The van der Waals surface area contributed by atoms with E-state index >= 15 is 0 Å². The van der Waals surface area contributed by atoms with Gasteiger partial charge in [0.1, 0.15) is 17.9 Å². The maximum atomic E-state index is 13.9. The lowest BCUT2D eigenvalue weighted by molar-refractivity contribution is 0.102. The Kier molecular flexibility index (Phi) is 5.98. The van der Waals surface area contributed by atoms with E-state index in [1.54, 1.807) is 31.3 Å². The molecule has 1 aliphatic rings. The summed E-state index contributed by atoms with van der Waals surface area (Å²) in [4.78, 5) is 21.2. The number of nitrogens with one attached hydrogen (secondary N) is 2. The molecule has 0 atom stereocenters. The second kappa shape index (κ2) is 9.24. The van der Waals surface area contributed by atoms with Crippen molar-refractivity contribution in [2.24, 2.45) is 5.92 Å². The molecule has 1 amide bonds. The van der Waals surface area contributed by atoms with Crippen molar-refractivity contribution in [2.45, 2.75) is 26.2 Å². The molecule has 4 aromatic rings. The lowest BCUT2D eigenvalue weighted by Gasteiger charge is -2.04. The van der Waals surface area contributed by atoms with Gasteiger partial charge in [-0.05, 0) is 55.5 Å². The van der Waals surface area contributed by atoms with Crippen molar-refractivity contribution in [3.63, 3.8) is 0 Å². The van der Waals surface area contributed by atoms with Crippen LogP contribution in [0.4, 0.5) is 24.7 Å². The number of amides is 1. The lowest BCUT2D eigenvalue weighted by Crippen LogP contribution is -2.13. The lowest BCUT2D eigenvalue weighted by atomic mass is 10.2. The zero-order chi connectivity index (χ0) is 24.5. The first-order valence-electron chi connectivity index (χ1n) is 11.0. The number of carbonyl (C=O) groups is 1. The molecule has 0 saturated heterocycles. The Morgan fingerprint density at radius 2 is 2.09 bits per heavy atom. The third-order valence-electron chi connectivity index (χ3n) is 5.63. The fourth-order valence-corrected chi connectivity index (χ4v) is 3.43. The van der Waals surface area contributed by atoms with Gasteiger partial charge in [-0.3, -0.25) is 4.79 Å². The van der Waals surface area contributed by atoms with Crippen molar-refractivity contribution in [3.8, 4) is 17.1 Å². The Hall–Kier alpha value is -4.15. The average molecular weight is 482 g/mol. The molecule has 3 aromatic heterocycles. The molecule has 0 spiro atoms. The molecule has 2 N–H and O–H groups in total. The molecule has 1 saturated carbocycles. The zero-order valence-electron chi connectivity index (χ0n) is 18.6. The monoisotopic (exact) mass is 482 g/mol. The smallest absolute Gasteiger partial charge is 0.284 e. The van der Waals surface area contributed by atoms with E-state index < -0.39 is 23.8 Å². The summed E-state index contributed by atoms with van der Waals surface area (Å²) in [7, 11) is 0. The summed E-state index contributed by atoms with van der Waals surface area (Å²) < 4.78 is 47.6. The topological polar surface area (TPSA) is 97.9 Å². The highest BCUT2D eigenvalue weighted by molar-refractivity contribution is 6.03. The van der Waals surface area contributed by atoms with Gasteiger partial charge in [0.15, 0.2) is 11.4 Å². The first kappa shape index (κ1) is 22.6. The van der Waals surface area contributed by atoms with Gasteiger partial charge in [0.05, 0.1) is 17.6 Å². The van der Waals surface area contributed by atoms with Crippen LogP contribution in [0.1, 0.15) is 41.0 Å². The predicted octanol–water partition coefficient (Wildman–Crippen LogP) is 5.38. The molecular weight excluding hydrogens is 461 g/mol. The highest BCUT2D eigenvalue weighted by Crippen LogP contribution is 2.30. The van der Waals surface area contributed by atoms with E-state index in [1.807, 2.05) is 0 Å². The van der Waals surface area contributed by atoms with Crippen molar-refractivity contribution < 1.29 is 22.4 Å². The number of benzene rings is 1. The summed E-state index contributed by atoms with van der Waals surface area (Å²) in [5.74, 6) is 0.272. The van der Waals surface area contributed by atoms with Gasteiger partial charge < -0.3 is 15.1 Å². The second-order valence-electron chi connectivity index (χ2n) is 8.35. The van der Waals surface area contributed by atoms with Crippen LogP contribution in [-0.4, -0.2) is 32.2 Å².